The molecule has 9 rings (SSSR count). The molecular weight excluding hydrogens is 572 g/mol. The van der Waals surface area contributed by atoms with Crippen molar-refractivity contribution in [1.29, 1.82) is 0 Å². The molecule has 3 nitrogen and oxygen atoms in total. The van der Waals surface area contributed by atoms with E-state index in [1.807, 2.05) is 0 Å². The third kappa shape index (κ3) is 4.53. The third-order valence-electron chi connectivity index (χ3n) is 11.6. The number of anilines is 2. The Kier molecular flexibility index (Phi) is 6.92. The second kappa shape index (κ2) is 11.3. The lowest BCUT2D eigenvalue weighted by Crippen LogP contribution is -2.35. The molecule has 0 N–H and O–H groups in total. The molecule has 3 heteroatoms. The molecule has 236 valence electrons. The molecule has 0 bridgehead atoms. The van der Waals surface area contributed by atoms with Crippen molar-refractivity contribution in [3.63, 3.8) is 0 Å². The molecule has 0 spiro atoms. The van der Waals surface area contributed by atoms with Crippen LogP contribution in [0.5, 0.6) is 5.75 Å². The number of benzene rings is 5. The first-order chi connectivity index (χ1) is 23.1. The van der Waals surface area contributed by atoms with E-state index < -0.39 is 5.60 Å². The van der Waals surface area contributed by atoms with E-state index in [2.05, 4.69) is 133 Å². The van der Waals surface area contributed by atoms with Crippen molar-refractivity contribution in [2.24, 2.45) is 0 Å². The van der Waals surface area contributed by atoms with Gasteiger partial charge in [0.2, 0.25) is 0 Å². The number of hydrogen-bond donors (Lipinski definition) is 0. The van der Waals surface area contributed by atoms with Gasteiger partial charge in [-0.1, -0.05) is 91.7 Å². The molecule has 2 heterocycles. The van der Waals surface area contributed by atoms with Crippen molar-refractivity contribution in [3.05, 3.63) is 131 Å². The van der Waals surface area contributed by atoms with Gasteiger partial charge < -0.3 is 14.5 Å². The van der Waals surface area contributed by atoms with E-state index in [9.17, 15) is 0 Å². The molecule has 2 aliphatic carbocycles. The summed E-state index contributed by atoms with van der Waals surface area (Å²) in [4.78, 5) is 4.75. The van der Waals surface area contributed by atoms with Crippen LogP contribution in [0.4, 0.5) is 11.4 Å². The number of hydrogen-bond acceptors (Lipinski definition) is 3. The highest BCUT2D eigenvalue weighted by Crippen LogP contribution is 2.59. The van der Waals surface area contributed by atoms with Gasteiger partial charge in [-0.15, -0.1) is 0 Å². The van der Waals surface area contributed by atoms with Crippen LogP contribution in [0.2, 0.25) is 0 Å². The Balaban J connectivity index is 1.33. The van der Waals surface area contributed by atoms with Gasteiger partial charge in [-0.3, -0.25) is 0 Å². The molecule has 5 aromatic carbocycles. The number of fused-ring (bicyclic) bond motifs is 11. The summed E-state index contributed by atoms with van der Waals surface area (Å²) in [5.41, 5.74) is 11.3. The van der Waals surface area contributed by atoms with Crippen LogP contribution in [0.1, 0.15) is 84.6 Å². The normalized spacial score (nSPS) is 22.9. The summed E-state index contributed by atoms with van der Waals surface area (Å²) >= 11 is 0. The van der Waals surface area contributed by atoms with Gasteiger partial charge in [0.1, 0.15) is 5.75 Å². The zero-order valence-electron chi connectivity index (χ0n) is 27.7. The monoisotopic (exact) mass is 616 g/mol. The second-order valence-corrected chi connectivity index (χ2v) is 14.4. The van der Waals surface area contributed by atoms with Crippen LogP contribution < -0.4 is 14.5 Å². The SMILES string of the molecule is CN(C)c1ccc(C2(c3ccccc3)C=Cc3c4c(c5ccc(N6CCCCC6)cc5c3O2)-c2ccccc2C2CCCCC42)cc1. The van der Waals surface area contributed by atoms with E-state index in [4.69, 9.17) is 4.74 Å². The van der Waals surface area contributed by atoms with Crippen LogP contribution in [-0.4, -0.2) is 27.2 Å². The van der Waals surface area contributed by atoms with E-state index >= 15 is 0 Å². The first kappa shape index (κ1) is 28.7. The number of piperidine rings is 1. The smallest absolute Gasteiger partial charge is 0.178 e. The van der Waals surface area contributed by atoms with Gasteiger partial charge in [-0.25, -0.2) is 0 Å². The average Bonchev–Trinajstić information content (AvgIpc) is 3.15. The first-order valence-corrected chi connectivity index (χ1v) is 17.8. The lowest BCUT2D eigenvalue weighted by molar-refractivity contribution is 0.163. The Morgan fingerprint density at radius 1 is 0.702 bits per heavy atom. The van der Waals surface area contributed by atoms with E-state index in [0.29, 0.717) is 11.8 Å². The summed E-state index contributed by atoms with van der Waals surface area (Å²) in [6.07, 6.45) is 13.7. The average molecular weight is 617 g/mol. The molecule has 0 amide bonds. The second-order valence-electron chi connectivity index (χ2n) is 14.4. The van der Waals surface area contributed by atoms with Crippen LogP contribution in [0.25, 0.3) is 28.0 Å². The number of ether oxygens (including phenoxy) is 1. The fourth-order valence-electron chi connectivity index (χ4n) is 9.25. The van der Waals surface area contributed by atoms with E-state index in [-0.39, 0.29) is 0 Å². The summed E-state index contributed by atoms with van der Waals surface area (Å²) < 4.78 is 7.66. The fraction of sp³-hybridized carbons (Fsp3) is 0.318. The van der Waals surface area contributed by atoms with E-state index in [0.717, 1.165) is 30.0 Å². The van der Waals surface area contributed by atoms with Gasteiger partial charge in [0.25, 0.3) is 0 Å². The zero-order chi connectivity index (χ0) is 31.5. The van der Waals surface area contributed by atoms with Crippen molar-refractivity contribution in [1.82, 2.24) is 0 Å². The maximum absolute atomic E-state index is 7.66. The molecule has 5 aromatic rings. The fourth-order valence-corrected chi connectivity index (χ4v) is 9.25. The van der Waals surface area contributed by atoms with Crippen molar-refractivity contribution in [2.75, 3.05) is 37.0 Å². The van der Waals surface area contributed by atoms with Gasteiger partial charge in [-0.05, 0) is 102 Å². The molecule has 2 aliphatic heterocycles. The Hall–Kier alpha value is -4.50. The van der Waals surface area contributed by atoms with Crippen LogP contribution in [0.15, 0.2) is 103 Å². The summed E-state index contributed by atoms with van der Waals surface area (Å²) in [7, 11) is 4.20. The third-order valence-corrected chi connectivity index (χ3v) is 11.6. The minimum atomic E-state index is -0.736. The Bertz CT molecular complexity index is 1990. The van der Waals surface area contributed by atoms with Gasteiger partial charge in [0.05, 0.1) is 0 Å². The minimum absolute atomic E-state index is 0.505. The van der Waals surface area contributed by atoms with Crippen LogP contribution in [0.3, 0.4) is 0 Å². The molecule has 2 fully saturated rings. The molecule has 1 saturated carbocycles. The Morgan fingerprint density at radius 2 is 1.43 bits per heavy atom. The predicted octanol–water partition coefficient (Wildman–Crippen LogP) is 10.7. The van der Waals surface area contributed by atoms with Crippen molar-refractivity contribution >= 4 is 28.2 Å². The maximum Gasteiger partial charge on any atom is 0.178 e. The topological polar surface area (TPSA) is 15.7 Å². The number of nitrogens with zero attached hydrogens (tertiary/aromatic N) is 2. The van der Waals surface area contributed by atoms with Gasteiger partial charge >= 0.3 is 0 Å². The van der Waals surface area contributed by atoms with Crippen LogP contribution in [-0.2, 0) is 5.60 Å². The highest BCUT2D eigenvalue weighted by Gasteiger charge is 2.43. The number of rotatable bonds is 4. The zero-order valence-corrected chi connectivity index (χ0v) is 27.7. The first-order valence-electron chi connectivity index (χ1n) is 17.8. The van der Waals surface area contributed by atoms with Gasteiger partial charge in [0.15, 0.2) is 5.60 Å². The largest absolute Gasteiger partial charge is 0.472 e. The summed E-state index contributed by atoms with van der Waals surface area (Å²) in [5, 5.41) is 2.57. The Morgan fingerprint density at radius 3 is 2.21 bits per heavy atom. The molecule has 3 unspecified atom stereocenters. The van der Waals surface area contributed by atoms with Crippen molar-refractivity contribution < 1.29 is 4.74 Å². The highest BCUT2D eigenvalue weighted by atomic mass is 16.5. The Labute approximate surface area is 279 Å². The molecule has 4 aliphatic rings. The lowest BCUT2D eigenvalue weighted by Gasteiger charge is -2.43. The summed E-state index contributed by atoms with van der Waals surface area (Å²) in [6.45, 7) is 2.25. The quantitative estimate of drug-likeness (QED) is 0.200. The highest BCUT2D eigenvalue weighted by molar-refractivity contribution is 6.07. The molecule has 0 aromatic heterocycles. The lowest BCUT2D eigenvalue weighted by atomic mass is 9.63. The minimum Gasteiger partial charge on any atom is -0.472 e. The molecule has 3 atom stereocenters. The molecule has 47 heavy (non-hydrogen) atoms. The predicted molar refractivity (Wildman–Crippen MR) is 197 cm³/mol. The van der Waals surface area contributed by atoms with Gasteiger partial charge in [-0.2, -0.15) is 0 Å². The maximum atomic E-state index is 7.66. The van der Waals surface area contributed by atoms with E-state index in [1.165, 1.54) is 89.3 Å². The van der Waals surface area contributed by atoms with Crippen LogP contribution in [0, 0.1) is 0 Å². The molecular formula is C44H44N2O. The molecule has 0 radical (unpaired) electrons. The summed E-state index contributed by atoms with van der Waals surface area (Å²) in [5.74, 6) is 2.11. The van der Waals surface area contributed by atoms with Crippen molar-refractivity contribution in [3.8, 4) is 16.9 Å². The van der Waals surface area contributed by atoms with Crippen LogP contribution >= 0.6 is 0 Å². The van der Waals surface area contributed by atoms with Crippen molar-refractivity contribution in [2.45, 2.75) is 62.4 Å². The standard InChI is InChI=1S/C44H44N2O/c1-45(2)32-21-19-31(20-22-32)44(30-13-5-3-6-14-30)26-25-39-42-37-18-10-8-16-35(37)34-15-7-9-17-36(34)41(42)38-24-23-33(29-40(38)43(39)47-44)46-27-11-4-12-28-46/h3,5-7,9,13-15,17,19-26,29,35,37H,4,8,10-12,16,18,27-28H2,1-2H3. The summed E-state index contributed by atoms with van der Waals surface area (Å²) in [6, 6.07) is 36.3. The van der Waals surface area contributed by atoms with Gasteiger partial charge in [0, 0.05) is 60.6 Å². The van der Waals surface area contributed by atoms with E-state index in [1.54, 1.807) is 5.56 Å². The molecule has 1 saturated heterocycles.